The van der Waals surface area contributed by atoms with E-state index in [9.17, 15) is 4.39 Å². The van der Waals surface area contributed by atoms with E-state index in [4.69, 9.17) is 4.74 Å². The van der Waals surface area contributed by atoms with Gasteiger partial charge >= 0.3 is 0 Å². The zero-order valence-electron chi connectivity index (χ0n) is 16.3. The largest absolute Gasteiger partial charge is 0.367 e. The van der Waals surface area contributed by atoms with E-state index in [1.165, 1.54) is 25.0 Å². The average molecular weight is 362 g/mol. The summed E-state index contributed by atoms with van der Waals surface area (Å²) in [5, 5.41) is 3.56. The van der Waals surface area contributed by atoms with Gasteiger partial charge in [0, 0.05) is 26.2 Å². The van der Waals surface area contributed by atoms with Crippen LogP contribution in [0.1, 0.15) is 31.4 Å². The van der Waals surface area contributed by atoms with Crippen LogP contribution in [0.3, 0.4) is 0 Å². The predicted molar refractivity (Wildman–Crippen MR) is 103 cm³/mol. The van der Waals surface area contributed by atoms with Gasteiger partial charge in [0.1, 0.15) is 11.9 Å². The predicted octanol–water partition coefficient (Wildman–Crippen LogP) is 2.50. The van der Waals surface area contributed by atoms with Gasteiger partial charge in [0.05, 0.1) is 12.6 Å². The number of rotatable bonds is 5. The minimum absolute atomic E-state index is 0.0778. The van der Waals surface area contributed by atoms with Gasteiger partial charge in [-0.3, -0.25) is 4.99 Å². The summed E-state index contributed by atoms with van der Waals surface area (Å²) in [4.78, 5) is 9.06. The molecule has 26 heavy (non-hydrogen) atoms. The van der Waals surface area contributed by atoms with Crippen molar-refractivity contribution < 1.29 is 9.13 Å². The van der Waals surface area contributed by atoms with Gasteiger partial charge in [-0.1, -0.05) is 12.1 Å². The van der Waals surface area contributed by atoms with Crippen LogP contribution in [-0.4, -0.2) is 68.7 Å². The Morgan fingerprint density at radius 1 is 1.31 bits per heavy atom. The highest BCUT2D eigenvalue weighted by molar-refractivity contribution is 5.80. The Bertz CT molecular complexity index is 613. The van der Waals surface area contributed by atoms with Crippen molar-refractivity contribution in [2.24, 2.45) is 10.9 Å². The Morgan fingerprint density at radius 2 is 2.00 bits per heavy atom. The molecule has 3 atom stereocenters. The summed E-state index contributed by atoms with van der Waals surface area (Å²) in [6.07, 6.45) is 2.66. The van der Waals surface area contributed by atoms with Crippen LogP contribution in [0.4, 0.5) is 4.39 Å². The summed E-state index contributed by atoms with van der Waals surface area (Å²) in [5.74, 6) is 1.49. The van der Waals surface area contributed by atoms with Crippen molar-refractivity contribution in [2.45, 2.75) is 38.0 Å². The Balaban J connectivity index is 1.64. The lowest BCUT2D eigenvalue weighted by Gasteiger charge is -2.39. The third kappa shape index (κ3) is 4.74. The number of nitrogens with zero attached hydrogens (tertiary/aromatic N) is 3. The first-order chi connectivity index (χ1) is 12.5. The molecule has 6 heteroatoms. The van der Waals surface area contributed by atoms with Crippen LogP contribution in [0.2, 0.25) is 0 Å². The standard InChI is InChI=1S/C20H31FN4O/c1-14-12-25(13-19(26-14)16-7-9-17(21)10-8-16)20(22-2)23-11-18(24(3)4)15-5-6-15/h7-10,14-15,18-19H,5-6,11-13H2,1-4H3,(H,22,23). The summed E-state index contributed by atoms with van der Waals surface area (Å²) in [5.41, 5.74) is 1.00. The number of hydrogen-bond donors (Lipinski definition) is 1. The molecule has 2 fully saturated rings. The topological polar surface area (TPSA) is 40.1 Å². The third-order valence-corrected chi connectivity index (χ3v) is 5.31. The SMILES string of the molecule is CN=C(NCC(C1CC1)N(C)C)N1CC(C)OC(c2ccc(F)cc2)C1. The van der Waals surface area contributed by atoms with Gasteiger partial charge in [-0.05, 0) is 57.5 Å². The molecule has 1 N–H and O–H groups in total. The van der Waals surface area contributed by atoms with Crippen molar-refractivity contribution >= 4 is 5.96 Å². The summed E-state index contributed by atoms with van der Waals surface area (Å²) >= 11 is 0. The van der Waals surface area contributed by atoms with Crippen molar-refractivity contribution in [3.8, 4) is 0 Å². The van der Waals surface area contributed by atoms with Crippen LogP contribution in [-0.2, 0) is 4.74 Å². The third-order valence-electron chi connectivity index (χ3n) is 5.31. The molecule has 3 unspecified atom stereocenters. The maximum atomic E-state index is 13.2. The second-order valence-corrected chi connectivity index (χ2v) is 7.69. The molecular formula is C20H31FN4O. The summed E-state index contributed by atoms with van der Waals surface area (Å²) in [6.45, 7) is 4.49. The molecule has 0 aromatic heterocycles. The Kier molecular flexibility index (Phi) is 6.14. The Labute approximate surface area is 156 Å². The smallest absolute Gasteiger partial charge is 0.193 e. The Morgan fingerprint density at radius 3 is 2.58 bits per heavy atom. The summed E-state index contributed by atoms with van der Waals surface area (Å²) in [6, 6.07) is 7.14. The van der Waals surface area contributed by atoms with Gasteiger partial charge in [0.2, 0.25) is 0 Å². The summed E-state index contributed by atoms with van der Waals surface area (Å²) < 4.78 is 19.3. The molecule has 1 aromatic carbocycles. The van der Waals surface area contributed by atoms with E-state index in [0.29, 0.717) is 12.6 Å². The number of benzene rings is 1. The maximum absolute atomic E-state index is 13.2. The van der Waals surface area contributed by atoms with E-state index in [-0.39, 0.29) is 18.0 Å². The number of halogens is 1. The van der Waals surface area contributed by atoms with Crippen LogP contribution < -0.4 is 5.32 Å². The molecule has 1 aromatic rings. The van der Waals surface area contributed by atoms with Crippen molar-refractivity contribution in [2.75, 3.05) is 40.8 Å². The second kappa shape index (κ2) is 8.35. The zero-order valence-corrected chi connectivity index (χ0v) is 16.3. The Hall–Kier alpha value is -1.66. The summed E-state index contributed by atoms with van der Waals surface area (Å²) in [7, 11) is 6.13. The highest BCUT2D eigenvalue weighted by Crippen LogP contribution is 2.34. The zero-order chi connectivity index (χ0) is 18.7. The van der Waals surface area contributed by atoms with E-state index in [1.807, 2.05) is 19.2 Å². The first-order valence-electron chi connectivity index (χ1n) is 9.51. The van der Waals surface area contributed by atoms with Crippen LogP contribution >= 0.6 is 0 Å². The van der Waals surface area contributed by atoms with Crippen molar-refractivity contribution in [1.82, 2.24) is 15.1 Å². The van der Waals surface area contributed by atoms with E-state index in [2.05, 4.69) is 41.1 Å². The molecule has 5 nitrogen and oxygen atoms in total. The first-order valence-corrected chi connectivity index (χ1v) is 9.51. The van der Waals surface area contributed by atoms with Gasteiger partial charge in [0.15, 0.2) is 5.96 Å². The second-order valence-electron chi connectivity index (χ2n) is 7.69. The molecule has 0 radical (unpaired) electrons. The van der Waals surface area contributed by atoms with Gasteiger partial charge in [-0.25, -0.2) is 4.39 Å². The number of morpholine rings is 1. The fourth-order valence-corrected chi connectivity index (χ4v) is 3.77. The van der Waals surface area contributed by atoms with Gasteiger partial charge < -0.3 is 19.9 Å². The molecule has 1 heterocycles. The number of hydrogen-bond acceptors (Lipinski definition) is 3. The fourth-order valence-electron chi connectivity index (χ4n) is 3.77. The van der Waals surface area contributed by atoms with Crippen LogP contribution in [0.5, 0.6) is 0 Å². The average Bonchev–Trinajstić information content (AvgIpc) is 3.43. The van der Waals surface area contributed by atoms with Gasteiger partial charge in [0.25, 0.3) is 0 Å². The number of guanidine groups is 1. The molecule has 0 spiro atoms. The maximum Gasteiger partial charge on any atom is 0.193 e. The molecule has 1 aliphatic heterocycles. The number of aliphatic imine (C=N–C) groups is 1. The first kappa shape index (κ1) is 19.1. The molecule has 144 valence electrons. The van der Waals surface area contributed by atoms with Crippen molar-refractivity contribution in [3.63, 3.8) is 0 Å². The number of likely N-dealkylation sites (N-methyl/N-ethyl adjacent to an activating group) is 1. The minimum atomic E-state index is -0.221. The lowest BCUT2D eigenvalue weighted by Crippen LogP contribution is -2.53. The van der Waals surface area contributed by atoms with Crippen LogP contribution in [0.25, 0.3) is 0 Å². The van der Waals surface area contributed by atoms with E-state index >= 15 is 0 Å². The van der Waals surface area contributed by atoms with Gasteiger partial charge in [-0.15, -0.1) is 0 Å². The van der Waals surface area contributed by atoms with E-state index in [0.717, 1.165) is 30.5 Å². The number of ether oxygens (including phenoxy) is 1. The molecule has 3 rings (SSSR count). The molecule has 0 amide bonds. The minimum Gasteiger partial charge on any atom is -0.367 e. The molecule has 1 aliphatic carbocycles. The highest BCUT2D eigenvalue weighted by atomic mass is 19.1. The fraction of sp³-hybridized carbons (Fsp3) is 0.650. The highest BCUT2D eigenvalue weighted by Gasteiger charge is 2.33. The van der Waals surface area contributed by atoms with Crippen LogP contribution in [0.15, 0.2) is 29.3 Å². The lowest BCUT2D eigenvalue weighted by molar-refractivity contribution is -0.0605. The van der Waals surface area contributed by atoms with Crippen molar-refractivity contribution in [3.05, 3.63) is 35.6 Å². The molecular weight excluding hydrogens is 331 g/mol. The quantitative estimate of drug-likeness (QED) is 0.645. The van der Waals surface area contributed by atoms with Gasteiger partial charge in [-0.2, -0.15) is 0 Å². The molecule has 0 bridgehead atoms. The van der Waals surface area contributed by atoms with E-state index in [1.54, 1.807) is 0 Å². The van der Waals surface area contributed by atoms with E-state index < -0.39 is 0 Å². The normalized spacial score (nSPS) is 25.5. The van der Waals surface area contributed by atoms with Crippen LogP contribution in [0, 0.1) is 11.7 Å². The number of nitrogens with one attached hydrogen (secondary N) is 1. The molecule has 1 saturated heterocycles. The molecule has 1 saturated carbocycles. The van der Waals surface area contributed by atoms with Crippen molar-refractivity contribution in [1.29, 1.82) is 0 Å². The lowest BCUT2D eigenvalue weighted by atomic mass is 10.1. The monoisotopic (exact) mass is 362 g/mol. The molecule has 2 aliphatic rings.